The van der Waals surface area contributed by atoms with Crippen LogP contribution in [-0.2, 0) is 37.3 Å². The summed E-state index contributed by atoms with van der Waals surface area (Å²) in [4.78, 5) is 10.8. The molecule has 0 fully saturated rings. The third-order valence-corrected chi connectivity index (χ3v) is 15.2. The fourth-order valence-corrected chi connectivity index (χ4v) is 11.0. The monoisotopic (exact) mass is 1190 g/mol. The average Bonchev–Trinajstić information content (AvgIpc) is 4.21. The van der Waals surface area contributed by atoms with Gasteiger partial charge in [-0.3, -0.25) is 9.55 Å². The maximum atomic E-state index is 11.6. The van der Waals surface area contributed by atoms with Crippen LogP contribution in [0.15, 0.2) is 212 Å². The number of benzene rings is 9. The van der Waals surface area contributed by atoms with Gasteiger partial charge < -0.3 is 9.67 Å². The summed E-state index contributed by atoms with van der Waals surface area (Å²) in [6.45, 7) is 20.4. The van der Waals surface area contributed by atoms with Crippen LogP contribution in [0, 0.1) is 6.07 Å². The molecule has 3 heterocycles. The second-order valence-electron chi connectivity index (χ2n) is 23.6. The quantitative estimate of drug-likeness (QED) is 0.154. The van der Waals surface area contributed by atoms with Crippen LogP contribution in [0.25, 0.3) is 111 Å². The van der Waals surface area contributed by atoms with Gasteiger partial charge in [0.15, 0.2) is 0 Å². The minimum atomic E-state index is -0.125. The Bertz CT molecular complexity index is 4190. The van der Waals surface area contributed by atoms with Crippen molar-refractivity contribution >= 4 is 32.8 Å². The number of pyridine rings is 1. The Labute approximate surface area is 473 Å². The number of nitrogens with zero attached hydrogens (tertiary/aromatic N) is 4. The molecule has 0 radical (unpaired) electrons. The first-order valence-electron chi connectivity index (χ1n) is 26.8. The van der Waals surface area contributed by atoms with E-state index in [1.165, 1.54) is 27.5 Å². The predicted octanol–water partition coefficient (Wildman–Crippen LogP) is 18.9. The number of phenolic OH excluding ortho intramolecular Hbond substituents is 1. The van der Waals surface area contributed by atoms with Crippen LogP contribution in [0.4, 0.5) is 0 Å². The molecule has 0 spiro atoms. The number of hydrogen-bond donors (Lipinski definition) is 1. The van der Waals surface area contributed by atoms with Crippen molar-refractivity contribution in [3.63, 3.8) is 0 Å². The van der Waals surface area contributed by atoms with Gasteiger partial charge in [-0.25, -0.2) is 4.98 Å². The summed E-state index contributed by atoms with van der Waals surface area (Å²) in [5.74, 6) is 0.829. The Kier molecular flexibility index (Phi) is 13.3. The largest absolute Gasteiger partial charge is 0.507 e. The number of rotatable bonds is 8. The van der Waals surface area contributed by atoms with Crippen molar-refractivity contribution in [2.75, 3.05) is 0 Å². The summed E-state index contributed by atoms with van der Waals surface area (Å²) < 4.78 is 4.63. The molecular weight excluding hydrogens is 1130 g/mol. The standard InChI is InChI=1S/C72H63N4O.Pt/c1-70(2,3)51-34-35-56(62(45-51)46-22-12-10-13-23-46)48-38-49(40-50(39-48)63-41-47(36-37-73-63)58-29-20-30-60-59-26-16-18-31-64(59)75(68(58)60)54-24-14-11-15-25-54)57-28-21-32-65-67(57)74-69(61-27-17-19-33-66(61)77)76(65)55-43-52(71(4,5)6)42-53(44-55)72(7,8)9;/h10-39,41-45,77H,1-9H3;/q-1;. The van der Waals surface area contributed by atoms with Crippen molar-refractivity contribution in [3.8, 4) is 84.3 Å². The van der Waals surface area contributed by atoms with Gasteiger partial charge in [-0.1, -0.05) is 219 Å². The third-order valence-electron chi connectivity index (χ3n) is 15.2. The van der Waals surface area contributed by atoms with Gasteiger partial charge in [0.2, 0.25) is 0 Å². The Balaban J connectivity index is 0.00000645. The fourth-order valence-electron chi connectivity index (χ4n) is 11.0. The molecule has 1 N–H and O–H groups in total. The zero-order valence-corrected chi connectivity index (χ0v) is 48.0. The molecule has 0 unspecified atom stereocenters. The summed E-state index contributed by atoms with van der Waals surface area (Å²) in [7, 11) is 0. The molecule has 0 saturated carbocycles. The number of hydrogen-bond acceptors (Lipinski definition) is 3. The van der Waals surface area contributed by atoms with E-state index in [1.807, 2.05) is 24.4 Å². The zero-order chi connectivity index (χ0) is 53.4. The third kappa shape index (κ3) is 9.49. The second kappa shape index (κ2) is 20.0. The van der Waals surface area contributed by atoms with E-state index in [-0.39, 0.29) is 43.1 Å². The number of imidazole rings is 1. The summed E-state index contributed by atoms with van der Waals surface area (Å²) in [6.07, 6.45) is 1.94. The number of phenols is 1. The van der Waals surface area contributed by atoms with Crippen molar-refractivity contribution in [3.05, 3.63) is 235 Å². The van der Waals surface area contributed by atoms with Gasteiger partial charge in [-0.2, -0.15) is 0 Å². The molecule has 0 bridgehead atoms. The summed E-state index contributed by atoms with van der Waals surface area (Å²) >= 11 is 0. The van der Waals surface area contributed by atoms with Crippen LogP contribution in [0.3, 0.4) is 0 Å². The maximum absolute atomic E-state index is 11.6. The molecule has 0 atom stereocenters. The fraction of sp³-hybridized carbons (Fsp3) is 0.167. The van der Waals surface area contributed by atoms with Crippen molar-refractivity contribution in [1.82, 2.24) is 19.1 Å². The zero-order valence-electron chi connectivity index (χ0n) is 45.8. The van der Waals surface area contributed by atoms with Crippen LogP contribution >= 0.6 is 0 Å². The smallest absolute Gasteiger partial charge is 0.148 e. The molecular formula is C72H63N4OPt-. The van der Waals surface area contributed by atoms with Gasteiger partial charge in [0.1, 0.15) is 11.6 Å². The topological polar surface area (TPSA) is 55.9 Å². The van der Waals surface area contributed by atoms with Crippen LogP contribution < -0.4 is 0 Å². The number of aromatic hydroxyl groups is 1. The normalized spacial score (nSPS) is 12.1. The minimum absolute atomic E-state index is 0. The van der Waals surface area contributed by atoms with Crippen LogP contribution in [0.1, 0.15) is 79.0 Å². The number of fused-ring (bicyclic) bond motifs is 4. The van der Waals surface area contributed by atoms with E-state index < -0.39 is 0 Å². The first kappa shape index (κ1) is 52.0. The van der Waals surface area contributed by atoms with E-state index in [4.69, 9.17) is 9.97 Å². The SMILES string of the molecule is CC(C)(C)c1cc(-n2c(-c3ccccc3O)nc3c(-c4[c-]c(-c5cc(-c6cccc7c8ccccc8n(-c8ccccc8)c67)ccn5)cc(-c5ccc(C(C)(C)C)cc5-c5ccccc5)c4)cccc32)cc(C(C)(C)C)c1.[Pt]. The van der Waals surface area contributed by atoms with Crippen molar-refractivity contribution in [2.24, 2.45) is 0 Å². The van der Waals surface area contributed by atoms with Gasteiger partial charge in [-0.15, -0.1) is 23.8 Å². The molecule has 0 saturated heterocycles. The van der Waals surface area contributed by atoms with Crippen LogP contribution in [0.5, 0.6) is 5.75 Å². The Morgan fingerprint density at radius 2 is 1.01 bits per heavy atom. The molecule has 0 aliphatic rings. The first-order valence-corrected chi connectivity index (χ1v) is 26.8. The van der Waals surface area contributed by atoms with E-state index >= 15 is 0 Å². The molecule has 12 rings (SSSR count). The van der Waals surface area contributed by atoms with Crippen molar-refractivity contribution < 1.29 is 26.2 Å². The molecule has 9 aromatic carbocycles. The Hall–Kier alpha value is -8.11. The number of aromatic nitrogens is 4. The summed E-state index contributed by atoms with van der Waals surface area (Å²) in [6, 6.07) is 77.4. The van der Waals surface area contributed by atoms with E-state index in [0.717, 1.165) is 89.2 Å². The van der Waals surface area contributed by atoms with Crippen molar-refractivity contribution in [1.29, 1.82) is 0 Å². The van der Waals surface area contributed by atoms with Gasteiger partial charge in [0, 0.05) is 60.7 Å². The predicted molar refractivity (Wildman–Crippen MR) is 322 cm³/mol. The Morgan fingerprint density at radius 3 is 1.73 bits per heavy atom. The van der Waals surface area contributed by atoms with E-state index in [0.29, 0.717) is 11.4 Å². The molecule has 0 aliphatic carbocycles. The van der Waals surface area contributed by atoms with Gasteiger partial charge in [0.25, 0.3) is 0 Å². The summed E-state index contributed by atoms with van der Waals surface area (Å²) in [5, 5.41) is 14.0. The molecule has 5 nitrogen and oxygen atoms in total. The van der Waals surface area contributed by atoms with E-state index in [9.17, 15) is 5.11 Å². The van der Waals surface area contributed by atoms with Crippen LogP contribution in [0.2, 0.25) is 0 Å². The molecule has 3 aromatic heterocycles. The number of para-hydroxylation sites is 5. The molecule has 0 amide bonds. The minimum Gasteiger partial charge on any atom is -0.507 e. The molecule has 388 valence electrons. The first-order chi connectivity index (χ1) is 37.0. The molecule has 6 heteroatoms. The molecule has 12 aromatic rings. The second-order valence-corrected chi connectivity index (χ2v) is 23.6. The van der Waals surface area contributed by atoms with E-state index in [2.05, 4.69) is 260 Å². The summed E-state index contributed by atoms with van der Waals surface area (Å²) in [5.41, 5.74) is 20.3. The average molecular weight is 1200 g/mol. The van der Waals surface area contributed by atoms with Gasteiger partial charge in [0.05, 0.1) is 27.6 Å². The Morgan fingerprint density at radius 1 is 0.410 bits per heavy atom. The van der Waals surface area contributed by atoms with Gasteiger partial charge in [-0.05, 0) is 110 Å². The van der Waals surface area contributed by atoms with Crippen LogP contribution in [-0.4, -0.2) is 24.2 Å². The van der Waals surface area contributed by atoms with E-state index in [1.54, 1.807) is 6.07 Å². The van der Waals surface area contributed by atoms with Crippen molar-refractivity contribution in [2.45, 2.75) is 78.6 Å². The molecule has 0 aliphatic heterocycles. The van der Waals surface area contributed by atoms with Gasteiger partial charge >= 0.3 is 0 Å². The maximum Gasteiger partial charge on any atom is 0.148 e. The molecule has 78 heavy (non-hydrogen) atoms.